The second kappa shape index (κ2) is 7.65. The number of aromatic nitrogens is 5. The van der Waals surface area contributed by atoms with Crippen LogP contribution in [0.2, 0.25) is 0 Å². The Kier molecular flexibility index (Phi) is 4.97. The van der Waals surface area contributed by atoms with Crippen molar-refractivity contribution in [1.82, 2.24) is 29.3 Å². The van der Waals surface area contributed by atoms with Crippen LogP contribution in [-0.2, 0) is 16.6 Å². The van der Waals surface area contributed by atoms with Crippen LogP contribution in [0.5, 0.6) is 0 Å². The van der Waals surface area contributed by atoms with Crippen molar-refractivity contribution in [3.63, 3.8) is 0 Å². The van der Waals surface area contributed by atoms with Crippen LogP contribution in [0.25, 0.3) is 16.9 Å². The number of fused-ring (bicyclic) bond motifs is 1. The quantitative estimate of drug-likeness (QED) is 0.370. The van der Waals surface area contributed by atoms with E-state index in [0.29, 0.717) is 0 Å². The molecule has 4 aromatic rings. The second-order valence-corrected chi connectivity index (χ2v) is 12.0. The van der Waals surface area contributed by atoms with E-state index in [-0.39, 0.29) is 11.8 Å². The first kappa shape index (κ1) is 19.5. The van der Waals surface area contributed by atoms with Crippen molar-refractivity contribution in [1.29, 1.82) is 0 Å². The number of aryl methyl sites for hydroxylation is 1. The minimum atomic E-state index is -3.21. The summed E-state index contributed by atoms with van der Waals surface area (Å²) in [5.74, 6) is 0. The number of hydrogen-bond donors (Lipinski definition) is 2. The minimum absolute atomic E-state index is 0.220. The van der Waals surface area contributed by atoms with Gasteiger partial charge in [0.15, 0.2) is 0 Å². The fourth-order valence-corrected chi connectivity index (χ4v) is 6.98. The second-order valence-electron chi connectivity index (χ2n) is 7.45. The van der Waals surface area contributed by atoms with Gasteiger partial charge in [0.2, 0.25) is 0 Å². The SMILES string of the molecule is Cc1cc([AsH]c2nc(-c3cccc(CNS(=O)(=O)C4CC4)c3)cc3nccn23)n[nH]1. The summed E-state index contributed by atoms with van der Waals surface area (Å²) in [6.07, 6.45) is 5.21. The average molecular weight is 484 g/mol. The molecule has 1 saturated carbocycles. The van der Waals surface area contributed by atoms with Crippen LogP contribution >= 0.6 is 0 Å². The molecule has 0 amide bonds. The molecule has 3 heterocycles. The van der Waals surface area contributed by atoms with Gasteiger partial charge in [0.05, 0.1) is 0 Å². The molecular weight excluding hydrogens is 463 g/mol. The van der Waals surface area contributed by atoms with E-state index in [1.165, 1.54) is 0 Å². The molecule has 1 fully saturated rings. The molecule has 8 nitrogen and oxygen atoms in total. The van der Waals surface area contributed by atoms with Gasteiger partial charge in [0.25, 0.3) is 0 Å². The third-order valence-corrected chi connectivity index (χ3v) is 9.18. The summed E-state index contributed by atoms with van der Waals surface area (Å²) in [6, 6.07) is 11.8. The molecule has 5 rings (SSSR count). The third-order valence-electron chi connectivity index (χ3n) is 5.00. The first-order valence-electron chi connectivity index (χ1n) is 9.69. The molecule has 10 heteroatoms. The Hall–Kier alpha value is -2.48. The first-order chi connectivity index (χ1) is 14.5. The van der Waals surface area contributed by atoms with Crippen molar-refractivity contribution < 1.29 is 8.42 Å². The molecule has 2 N–H and O–H groups in total. The Balaban J connectivity index is 1.45. The Morgan fingerprint density at radius 3 is 2.90 bits per heavy atom. The molecule has 0 radical (unpaired) electrons. The summed E-state index contributed by atoms with van der Waals surface area (Å²) in [5, 5.41) is 7.15. The molecule has 1 unspecified atom stereocenters. The topological polar surface area (TPSA) is 105 Å². The van der Waals surface area contributed by atoms with Crippen LogP contribution in [0, 0.1) is 6.92 Å². The van der Waals surface area contributed by atoms with Crippen LogP contribution in [-0.4, -0.2) is 54.0 Å². The number of sulfonamides is 1. The van der Waals surface area contributed by atoms with E-state index >= 15 is 0 Å². The molecule has 0 bridgehead atoms. The van der Waals surface area contributed by atoms with E-state index < -0.39 is 25.8 Å². The summed E-state index contributed by atoms with van der Waals surface area (Å²) >= 11 is -0.747. The van der Waals surface area contributed by atoms with Crippen LogP contribution in [0.3, 0.4) is 0 Å². The molecule has 0 saturated heterocycles. The van der Waals surface area contributed by atoms with Crippen LogP contribution < -0.4 is 13.8 Å². The van der Waals surface area contributed by atoms with Crippen molar-refractivity contribution >= 4 is 40.5 Å². The Morgan fingerprint density at radius 1 is 1.27 bits per heavy atom. The molecule has 1 aliphatic carbocycles. The molecule has 3 aromatic heterocycles. The number of nitrogens with one attached hydrogen (secondary N) is 2. The maximum absolute atomic E-state index is 12.1. The number of H-pyrrole nitrogens is 1. The van der Waals surface area contributed by atoms with E-state index in [2.05, 4.69) is 26.0 Å². The summed E-state index contributed by atoms with van der Waals surface area (Å²) < 4.78 is 31.0. The van der Waals surface area contributed by atoms with Gasteiger partial charge in [-0.3, -0.25) is 0 Å². The van der Waals surface area contributed by atoms with Gasteiger partial charge in [-0.05, 0) is 0 Å². The molecule has 1 atom stereocenters. The van der Waals surface area contributed by atoms with Gasteiger partial charge in [-0.15, -0.1) is 0 Å². The van der Waals surface area contributed by atoms with Gasteiger partial charge >= 0.3 is 181 Å². The zero-order chi connectivity index (χ0) is 20.7. The molecule has 1 aromatic carbocycles. The Labute approximate surface area is 180 Å². The van der Waals surface area contributed by atoms with Gasteiger partial charge in [-0.2, -0.15) is 0 Å². The van der Waals surface area contributed by atoms with Gasteiger partial charge in [-0.25, -0.2) is 0 Å². The molecule has 0 spiro atoms. The Morgan fingerprint density at radius 2 is 2.13 bits per heavy atom. The van der Waals surface area contributed by atoms with Gasteiger partial charge in [-0.1, -0.05) is 0 Å². The number of aromatic amines is 1. The number of hydrogen-bond acceptors (Lipinski definition) is 5. The van der Waals surface area contributed by atoms with Crippen LogP contribution in [0.4, 0.5) is 0 Å². The van der Waals surface area contributed by atoms with E-state index in [9.17, 15) is 8.42 Å². The summed E-state index contributed by atoms with van der Waals surface area (Å²) in [5.41, 5.74) is 4.54. The van der Waals surface area contributed by atoms with E-state index in [1.54, 1.807) is 6.20 Å². The fourth-order valence-electron chi connectivity index (χ4n) is 3.28. The van der Waals surface area contributed by atoms with Gasteiger partial charge in [0, 0.05) is 0 Å². The fraction of sp³-hybridized carbons (Fsp3) is 0.250. The average Bonchev–Trinajstić information content (AvgIpc) is 3.37. The summed E-state index contributed by atoms with van der Waals surface area (Å²) in [7, 11) is -3.21. The molecule has 0 aliphatic heterocycles. The monoisotopic (exact) mass is 484 g/mol. The zero-order valence-corrected chi connectivity index (χ0v) is 19.2. The van der Waals surface area contributed by atoms with E-state index in [1.807, 2.05) is 47.9 Å². The van der Waals surface area contributed by atoms with Crippen molar-refractivity contribution in [3.8, 4) is 11.3 Å². The van der Waals surface area contributed by atoms with Crippen LogP contribution in [0.15, 0.2) is 48.8 Å². The maximum atomic E-state index is 12.1. The summed E-state index contributed by atoms with van der Waals surface area (Å²) in [6.45, 7) is 2.27. The predicted octanol–water partition coefficient (Wildman–Crippen LogP) is 0.397. The zero-order valence-electron chi connectivity index (χ0n) is 16.3. The van der Waals surface area contributed by atoms with Gasteiger partial charge in [0.1, 0.15) is 0 Å². The van der Waals surface area contributed by atoms with Crippen molar-refractivity contribution in [2.24, 2.45) is 0 Å². The molecule has 1 aliphatic rings. The van der Waals surface area contributed by atoms with Crippen LogP contribution in [0.1, 0.15) is 24.1 Å². The summed E-state index contributed by atoms with van der Waals surface area (Å²) in [4.78, 5) is 9.37. The molecule has 154 valence electrons. The van der Waals surface area contributed by atoms with Crippen molar-refractivity contribution in [3.05, 3.63) is 60.0 Å². The number of nitrogens with zero attached hydrogens (tertiary/aromatic N) is 4. The number of rotatable bonds is 7. The molecular formula is C20H21AsN6O2S. The first-order valence-corrected chi connectivity index (χ1v) is 13.3. The number of imidazole rings is 1. The van der Waals surface area contributed by atoms with Gasteiger partial charge < -0.3 is 0 Å². The van der Waals surface area contributed by atoms with Crippen molar-refractivity contribution in [2.75, 3.05) is 0 Å². The molecule has 30 heavy (non-hydrogen) atoms. The van der Waals surface area contributed by atoms with E-state index in [4.69, 9.17) is 4.98 Å². The normalized spacial score (nSPS) is 14.8. The predicted molar refractivity (Wildman–Crippen MR) is 117 cm³/mol. The standard InChI is InChI=1S/C20H21AsN6O2S/c1-13-9-18(26-25-13)21-20-24-17(11-19-22-7-8-27(19)20)15-4-2-3-14(10-15)12-23-30(28,29)16-5-6-16/h2-4,7-11,16,21,23H,5-6,12H2,1H3,(H,25,26). The van der Waals surface area contributed by atoms with E-state index in [0.717, 1.165) is 50.1 Å². The number of benzene rings is 1. The third kappa shape index (κ3) is 4.05. The van der Waals surface area contributed by atoms with Crippen molar-refractivity contribution in [2.45, 2.75) is 31.6 Å². The Bertz CT molecular complexity index is 1330.